The predicted molar refractivity (Wildman–Crippen MR) is 68.2 cm³/mol. The SMILES string of the molecule is c1ccc(OC2CC2)c(CN2CCNCC2)c1. The van der Waals surface area contributed by atoms with Gasteiger partial charge in [0.15, 0.2) is 0 Å². The van der Waals surface area contributed by atoms with Crippen molar-refractivity contribution in [3.05, 3.63) is 29.8 Å². The van der Waals surface area contributed by atoms with Gasteiger partial charge in [-0.15, -0.1) is 0 Å². The van der Waals surface area contributed by atoms with Crippen molar-refractivity contribution in [2.75, 3.05) is 26.2 Å². The van der Waals surface area contributed by atoms with Crippen LogP contribution in [0.25, 0.3) is 0 Å². The van der Waals surface area contributed by atoms with Gasteiger partial charge in [0.2, 0.25) is 0 Å². The zero-order chi connectivity index (χ0) is 11.5. The summed E-state index contributed by atoms with van der Waals surface area (Å²) < 4.78 is 5.96. The average Bonchev–Trinajstić information content (AvgIpc) is 3.17. The van der Waals surface area contributed by atoms with Gasteiger partial charge >= 0.3 is 0 Å². The van der Waals surface area contributed by atoms with E-state index in [0.717, 1.165) is 38.5 Å². The maximum atomic E-state index is 5.96. The van der Waals surface area contributed by atoms with E-state index in [1.54, 1.807) is 0 Å². The van der Waals surface area contributed by atoms with Gasteiger partial charge in [-0.1, -0.05) is 18.2 Å². The molecule has 0 bridgehead atoms. The summed E-state index contributed by atoms with van der Waals surface area (Å²) in [6.45, 7) is 5.50. The molecule has 3 nitrogen and oxygen atoms in total. The predicted octanol–water partition coefficient (Wildman–Crippen LogP) is 1.63. The van der Waals surface area contributed by atoms with E-state index in [9.17, 15) is 0 Å². The van der Waals surface area contributed by atoms with Crippen LogP contribution in [0, 0.1) is 0 Å². The third-order valence-corrected chi connectivity index (χ3v) is 3.39. The minimum Gasteiger partial charge on any atom is -0.490 e. The van der Waals surface area contributed by atoms with Gasteiger partial charge in [0.1, 0.15) is 5.75 Å². The molecule has 92 valence electrons. The molecule has 2 fully saturated rings. The maximum absolute atomic E-state index is 5.96. The highest BCUT2D eigenvalue weighted by Crippen LogP contribution is 2.29. The number of para-hydroxylation sites is 1. The molecule has 1 aliphatic carbocycles. The molecule has 0 spiro atoms. The van der Waals surface area contributed by atoms with Gasteiger partial charge in [-0.25, -0.2) is 0 Å². The van der Waals surface area contributed by atoms with Crippen molar-refractivity contribution in [2.45, 2.75) is 25.5 Å². The molecule has 3 heteroatoms. The van der Waals surface area contributed by atoms with Crippen molar-refractivity contribution < 1.29 is 4.74 Å². The Balaban J connectivity index is 1.67. The third-order valence-electron chi connectivity index (χ3n) is 3.39. The standard InChI is InChI=1S/C14H20N2O/c1-2-4-14(17-13-5-6-13)12(3-1)11-16-9-7-15-8-10-16/h1-4,13,15H,5-11H2. The first-order valence-corrected chi connectivity index (χ1v) is 6.59. The fraction of sp³-hybridized carbons (Fsp3) is 0.571. The number of nitrogens with one attached hydrogen (secondary N) is 1. The molecule has 1 N–H and O–H groups in total. The van der Waals surface area contributed by atoms with Crippen molar-refractivity contribution in [3.8, 4) is 5.75 Å². The minimum absolute atomic E-state index is 0.485. The summed E-state index contributed by atoms with van der Waals surface area (Å²) >= 11 is 0. The van der Waals surface area contributed by atoms with Crippen molar-refractivity contribution in [1.29, 1.82) is 0 Å². The van der Waals surface area contributed by atoms with Crippen LogP contribution in [0.1, 0.15) is 18.4 Å². The van der Waals surface area contributed by atoms with E-state index in [1.165, 1.54) is 18.4 Å². The molecular formula is C14H20N2O. The lowest BCUT2D eigenvalue weighted by Crippen LogP contribution is -2.42. The number of nitrogens with zero attached hydrogens (tertiary/aromatic N) is 1. The molecule has 17 heavy (non-hydrogen) atoms. The van der Waals surface area contributed by atoms with E-state index in [1.807, 2.05) is 0 Å². The number of benzene rings is 1. The quantitative estimate of drug-likeness (QED) is 0.854. The zero-order valence-electron chi connectivity index (χ0n) is 10.2. The molecule has 0 radical (unpaired) electrons. The molecule has 1 saturated carbocycles. The van der Waals surface area contributed by atoms with Crippen molar-refractivity contribution in [1.82, 2.24) is 10.2 Å². The van der Waals surface area contributed by atoms with E-state index in [2.05, 4.69) is 34.5 Å². The Morgan fingerprint density at radius 2 is 1.94 bits per heavy atom. The number of hydrogen-bond acceptors (Lipinski definition) is 3. The Morgan fingerprint density at radius 1 is 1.18 bits per heavy atom. The van der Waals surface area contributed by atoms with Gasteiger partial charge in [0, 0.05) is 38.3 Å². The van der Waals surface area contributed by atoms with Crippen LogP contribution in [0.3, 0.4) is 0 Å². The van der Waals surface area contributed by atoms with Crippen LogP contribution >= 0.6 is 0 Å². The summed E-state index contributed by atoms with van der Waals surface area (Å²) in [4.78, 5) is 2.49. The number of hydrogen-bond donors (Lipinski definition) is 1. The normalized spacial score (nSPS) is 21.4. The highest BCUT2D eigenvalue weighted by atomic mass is 16.5. The van der Waals surface area contributed by atoms with Gasteiger partial charge in [0.25, 0.3) is 0 Å². The van der Waals surface area contributed by atoms with Gasteiger partial charge in [-0.3, -0.25) is 4.90 Å². The lowest BCUT2D eigenvalue weighted by Gasteiger charge is -2.27. The van der Waals surface area contributed by atoms with Crippen molar-refractivity contribution in [2.24, 2.45) is 0 Å². The van der Waals surface area contributed by atoms with E-state index in [-0.39, 0.29) is 0 Å². The summed E-state index contributed by atoms with van der Waals surface area (Å²) in [5.41, 5.74) is 1.33. The second-order valence-corrected chi connectivity index (χ2v) is 4.95. The highest BCUT2D eigenvalue weighted by Gasteiger charge is 2.24. The molecule has 1 aliphatic heterocycles. The molecule has 1 heterocycles. The van der Waals surface area contributed by atoms with Crippen molar-refractivity contribution >= 4 is 0 Å². The monoisotopic (exact) mass is 232 g/mol. The molecular weight excluding hydrogens is 212 g/mol. The van der Waals surface area contributed by atoms with Crippen LogP contribution < -0.4 is 10.1 Å². The van der Waals surface area contributed by atoms with Crippen LogP contribution in [0.15, 0.2) is 24.3 Å². The second-order valence-electron chi connectivity index (χ2n) is 4.95. The first-order chi connectivity index (χ1) is 8.42. The van der Waals surface area contributed by atoms with Crippen LogP contribution in [0.4, 0.5) is 0 Å². The fourth-order valence-electron chi connectivity index (χ4n) is 2.23. The van der Waals surface area contributed by atoms with Crippen LogP contribution in [0.2, 0.25) is 0 Å². The molecule has 0 unspecified atom stereocenters. The van der Waals surface area contributed by atoms with Crippen molar-refractivity contribution in [3.63, 3.8) is 0 Å². The Bertz CT molecular complexity index is 370. The maximum Gasteiger partial charge on any atom is 0.124 e. The fourth-order valence-corrected chi connectivity index (χ4v) is 2.23. The molecule has 2 aliphatic rings. The highest BCUT2D eigenvalue weighted by molar-refractivity contribution is 5.33. The Morgan fingerprint density at radius 3 is 2.71 bits per heavy atom. The summed E-state index contributed by atoms with van der Waals surface area (Å²) in [5.74, 6) is 1.09. The Hall–Kier alpha value is -1.06. The molecule has 0 amide bonds. The van der Waals surface area contributed by atoms with E-state index in [0.29, 0.717) is 6.10 Å². The van der Waals surface area contributed by atoms with Gasteiger partial charge in [-0.2, -0.15) is 0 Å². The van der Waals surface area contributed by atoms with E-state index >= 15 is 0 Å². The largest absolute Gasteiger partial charge is 0.490 e. The molecule has 1 aromatic carbocycles. The second kappa shape index (κ2) is 5.07. The van der Waals surface area contributed by atoms with Gasteiger partial charge < -0.3 is 10.1 Å². The smallest absolute Gasteiger partial charge is 0.124 e. The molecule has 0 atom stereocenters. The first kappa shape index (κ1) is 11.1. The lowest BCUT2D eigenvalue weighted by molar-refractivity contribution is 0.226. The molecule has 3 rings (SSSR count). The van der Waals surface area contributed by atoms with E-state index in [4.69, 9.17) is 4.74 Å². The van der Waals surface area contributed by atoms with Crippen LogP contribution in [-0.4, -0.2) is 37.2 Å². The van der Waals surface area contributed by atoms with Crippen LogP contribution in [-0.2, 0) is 6.54 Å². The summed E-state index contributed by atoms with van der Waals surface area (Å²) in [7, 11) is 0. The topological polar surface area (TPSA) is 24.5 Å². The lowest BCUT2D eigenvalue weighted by atomic mass is 10.2. The van der Waals surface area contributed by atoms with Gasteiger partial charge in [0.05, 0.1) is 6.10 Å². The Labute approximate surface area is 103 Å². The summed E-state index contributed by atoms with van der Waals surface area (Å²) in [5, 5.41) is 3.38. The summed E-state index contributed by atoms with van der Waals surface area (Å²) in [6.07, 6.45) is 2.93. The number of piperazine rings is 1. The van der Waals surface area contributed by atoms with E-state index < -0.39 is 0 Å². The minimum atomic E-state index is 0.485. The molecule has 1 saturated heterocycles. The average molecular weight is 232 g/mol. The first-order valence-electron chi connectivity index (χ1n) is 6.59. The molecule has 1 aromatic rings. The summed E-state index contributed by atoms with van der Waals surface area (Å²) in [6, 6.07) is 8.48. The number of rotatable bonds is 4. The Kier molecular flexibility index (Phi) is 3.29. The number of ether oxygens (including phenoxy) is 1. The zero-order valence-corrected chi connectivity index (χ0v) is 10.2. The van der Waals surface area contributed by atoms with Gasteiger partial charge in [-0.05, 0) is 18.9 Å². The molecule has 0 aromatic heterocycles. The van der Waals surface area contributed by atoms with Crippen LogP contribution in [0.5, 0.6) is 5.75 Å². The third kappa shape index (κ3) is 2.99.